The van der Waals surface area contributed by atoms with Crippen LogP contribution in [0.15, 0.2) is 42.7 Å². The highest BCUT2D eigenvalue weighted by molar-refractivity contribution is 6.31. The maximum Gasteiger partial charge on any atom is 0.417 e. The number of carbonyl (C=O) groups is 1. The molecule has 2 aromatic rings. The highest BCUT2D eigenvalue weighted by Crippen LogP contribution is 2.36. The van der Waals surface area contributed by atoms with Gasteiger partial charge in [-0.1, -0.05) is 11.6 Å². The summed E-state index contributed by atoms with van der Waals surface area (Å²) in [5.74, 6) is -0.563. The molecule has 0 aliphatic carbocycles. The number of rotatable bonds is 3. The van der Waals surface area contributed by atoms with E-state index in [1.807, 2.05) is 0 Å². The van der Waals surface area contributed by atoms with Crippen LogP contribution in [0.5, 0.6) is 5.75 Å². The van der Waals surface area contributed by atoms with E-state index in [0.717, 1.165) is 12.1 Å². The van der Waals surface area contributed by atoms with Crippen molar-refractivity contribution in [3.8, 4) is 5.75 Å². The largest absolute Gasteiger partial charge is 0.503 e. The number of nitrogens with zero attached hydrogens (tertiary/aromatic N) is 1. The summed E-state index contributed by atoms with van der Waals surface area (Å²) >= 11 is 5.50. The maximum absolute atomic E-state index is 12.7. The molecular formula is C14H11ClF3N2O2+. The fourth-order valence-electron chi connectivity index (χ4n) is 1.79. The number of benzene rings is 1. The van der Waals surface area contributed by atoms with E-state index in [2.05, 4.69) is 5.32 Å². The second-order valence-corrected chi connectivity index (χ2v) is 4.88. The lowest BCUT2D eigenvalue weighted by molar-refractivity contribution is -0.684. The monoisotopic (exact) mass is 331 g/mol. The van der Waals surface area contributed by atoms with E-state index in [4.69, 9.17) is 11.6 Å². The van der Waals surface area contributed by atoms with E-state index in [9.17, 15) is 23.1 Å². The summed E-state index contributed by atoms with van der Waals surface area (Å²) in [5.41, 5.74) is -1.03. The molecule has 1 heterocycles. The predicted octanol–water partition coefficient (Wildman–Crippen LogP) is 2.99. The number of carbonyl (C=O) groups excluding carboxylic acids is 1. The van der Waals surface area contributed by atoms with Crippen molar-refractivity contribution in [3.63, 3.8) is 0 Å². The Labute approximate surface area is 128 Å². The van der Waals surface area contributed by atoms with E-state index in [-0.39, 0.29) is 18.0 Å². The van der Waals surface area contributed by atoms with Crippen LogP contribution < -0.4 is 9.88 Å². The zero-order valence-corrected chi connectivity index (χ0v) is 11.8. The van der Waals surface area contributed by atoms with E-state index in [1.54, 1.807) is 6.20 Å². The van der Waals surface area contributed by atoms with Gasteiger partial charge in [0.05, 0.1) is 10.6 Å². The zero-order valence-electron chi connectivity index (χ0n) is 11.1. The Balaban J connectivity index is 2.12. The molecule has 2 N–H and O–H groups in total. The number of hydrogen-bond acceptors (Lipinski definition) is 2. The molecule has 0 radical (unpaired) electrons. The van der Waals surface area contributed by atoms with Crippen LogP contribution in [-0.4, -0.2) is 11.0 Å². The van der Waals surface area contributed by atoms with E-state index >= 15 is 0 Å². The van der Waals surface area contributed by atoms with E-state index in [1.165, 1.54) is 29.0 Å². The third kappa shape index (κ3) is 4.11. The minimum absolute atomic E-state index is 0.0116. The van der Waals surface area contributed by atoms with Crippen LogP contribution in [0.1, 0.15) is 5.56 Å². The molecule has 4 nitrogen and oxygen atoms in total. The Morgan fingerprint density at radius 3 is 2.68 bits per heavy atom. The van der Waals surface area contributed by atoms with Crippen molar-refractivity contribution in [1.82, 2.24) is 0 Å². The molecule has 0 atom stereocenters. The van der Waals surface area contributed by atoms with Crippen LogP contribution >= 0.6 is 11.6 Å². The normalized spacial score (nSPS) is 11.3. The van der Waals surface area contributed by atoms with Gasteiger partial charge in [-0.2, -0.15) is 17.7 Å². The molecule has 0 bridgehead atoms. The second kappa shape index (κ2) is 6.23. The van der Waals surface area contributed by atoms with Gasteiger partial charge in [-0.05, 0) is 24.3 Å². The minimum atomic E-state index is -4.60. The third-order valence-electron chi connectivity index (χ3n) is 2.72. The predicted molar refractivity (Wildman–Crippen MR) is 73.4 cm³/mol. The first kappa shape index (κ1) is 16.1. The smallest absolute Gasteiger partial charge is 0.417 e. The number of amides is 1. The molecule has 8 heteroatoms. The van der Waals surface area contributed by atoms with Crippen molar-refractivity contribution in [2.45, 2.75) is 12.7 Å². The molecule has 1 amide bonds. The van der Waals surface area contributed by atoms with Gasteiger partial charge in [0.25, 0.3) is 5.91 Å². The topological polar surface area (TPSA) is 53.2 Å². The Bertz CT molecular complexity index is 705. The van der Waals surface area contributed by atoms with Gasteiger partial charge < -0.3 is 10.4 Å². The molecule has 0 unspecified atom stereocenters. The van der Waals surface area contributed by atoms with Crippen molar-refractivity contribution in [2.75, 3.05) is 5.32 Å². The summed E-state index contributed by atoms with van der Waals surface area (Å²) in [6.07, 6.45) is -1.73. The van der Waals surface area contributed by atoms with Crippen molar-refractivity contribution in [1.29, 1.82) is 0 Å². The van der Waals surface area contributed by atoms with Crippen LogP contribution in [0, 0.1) is 0 Å². The molecule has 0 saturated heterocycles. The summed E-state index contributed by atoms with van der Waals surface area (Å²) in [6, 6.07) is 6.09. The molecule has 22 heavy (non-hydrogen) atoms. The fraction of sp³-hybridized carbons (Fsp3) is 0.143. The van der Waals surface area contributed by atoms with Crippen LogP contribution in [0.4, 0.5) is 18.9 Å². The van der Waals surface area contributed by atoms with Crippen LogP contribution in [0.2, 0.25) is 5.02 Å². The van der Waals surface area contributed by atoms with Crippen molar-refractivity contribution in [2.24, 2.45) is 0 Å². The Morgan fingerprint density at radius 2 is 2.05 bits per heavy atom. The highest BCUT2D eigenvalue weighted by Gasteiger charge is 2.33. The molecule has 1 aromatic carbocycles. The summed E-state index contributed by atoms with van der Waals surface area (Å²) in [5, 5.41) is 11.2. The molecule has 116 valence electrons. The molecule has 0 spiro atoms. The zero-order chi connectivity index (χ0) is 16.3. The van der Waals surface area contributed by atoms with Crippen molar-refractivity contribution < 1.29 is 27.6 Å². The number of anilines is 1. The summed E-state index contributed by atoms with van der Waals surface area (Å²) < 4.78 is 39.6. The number of pyridine rings is 1. The minimum Gasteiger partial charge on any atom is -0.503 e. The van der Waals surface area contributed by atoms with Crippen LogP contribution in [-0.2, 0) is 17.5 Å². The second-order valence-electron chi connectivity index (χ2n) is 4.48. The number of hydrogen-bond donors (Lipinski definition) is 2. The Hall–Kier alpha value is -2.28. The van der Waals surface area contributed by atoms with Gasteiger partial charge >= 0.3 is 6.18 Å². The lowest BCUT2D eigenvalue weighted by atomic mass is 10.2. The average Bonchev–Trinajstić information content (AvgIpc) is 2.39. The number of alkyl halides is 3. The van der Waals surface area contributed by atoms with Gasteiger partial charge in [-0.25, -0.2) is 0 Å². The molecule has 0 aliphatic heterocycles. The average molecular weight is 332 g/mol. The van der Waals surface area contributed by atoms with E-state index in [0.29, 0.717) is 0 Å². The lowest BCUT2D eigenvalue weighted by Gasteiger charge is -2.11. The number of nitrogens with one attached hydrogen (secondary N) is 1. The Morgan fingerprint density at radius 1 is 1.32 bits per heavy atom. The standard InChI is InChI=1S/C14H10ClF3N2O2/c15-12-4-3-9(6-11(12)14(16,17)18)19-13(22)8-20-5-1-2-10(21)7-20/h1-7H,8H2,(H-,19,21,22)/p+1. The summed E-state index contributed by atoms with van der Waals surface area (Å²) in [7, 11) is 0. The summed E-state index contributed by atoms with van der Waals surface area (Å²) in [4.78, 5) is 11.8. The number of aromatic hydroxyl groups is 1. The molecule has 2 rings (SSSR count). The van der Waals surface area contributed by atoms with Crippen molar-refractivity contribution in [3.05, 3.63) is 53.3 Å². The maximum atomic E-state index is 12.7. The van der Waals surface area contributed by atoms with Gasteiger partial charge in [0.15, 0.2) is 11.9 Å². The molecule has 1 aromatic heterocycles. The van der Waals surface area contributed by atoms with Gasteiger partial charge in [0.2, 0.25) is 12.7 Å². The third-order valence-corrected chi connectivity index (χ3v) is 3.05. The number of halogens is 4. The fourth-order valence-corrected chi connectivity index (χ4v) is 2.02. The van der Waals surface area contributed by atoms with E-state index < -0.39 is 22.7 Å². The van der Waals surface area contributed by atoms with Crippen LogP contribution in [0.25, 0.3) is 0 Å². The van der Waals surface area contributed by atoms with Crippen molar-refractivity contribution >= 4 is 23.2 Å². The van der Waals surface area contributed by atoms with Gasteiger partial charge in [0.1, 0.15) is 0 Å². The first-order valence-corrected chi connectivity index (χ1v) is 6.48. The molecule has 0 fully saturated rings. The Kier molecular flexibility index (Phi) is 4.56. The lowest BCUT2D eigenvalue weighted by Crippen LogP contribution is -2.39. The molecule has 0 aliphatic rings. The van der Waals surface area contributed by atoms with Crippen LogP contribution in [0.3, 0.4) is 0 Å². The summed E-state index contributed by atoms with van der Waals surface area (Å²) in [6.45, 7) is -0.154. The first-order chi connectivity index (χ1) is 10.3. The quantitative estimate of drug-likeness (QED) is 0.850. The highest BCUT2D eigenvalue weighted by atomic mass is 35.5. The molecule has 0 saturated carbocycles. The first-order valence-electron chi connectivity index (χ1n) is 6.10. The van der Waals surface area contributed by atoms with Gasteiger partial charge in [-0.15, -0.1) is 0 Å². The molecular weight excluding hydrogens is 321 g/mol. The number of aromatic nitrogens is 1. The SMILES string of the molecule is O=C(C[n+]1cccc(O)c1)Nc1ccc(Cl)c(C(F)(F)F)c1. The van der Waals surface area contributed by atoms with Gasteiger partial charge in [0, 0.05) is 11.8 Å². The van der Waals surface area contributed by atoms with Gasteiger partial charge in [-0.3, -0.25) is 4.79 Å².